The second-order valence-electron chi connectivity index (χ2n) is 40.5. The Balaban J connectivity index is 0.886. The predicted molar refractivity (Wildman–Crippen MR) is 635 cm³/mol. The second-order valence-corrected chi connectivity index (χ2v) is 48.1. The third kappa shape index (κ3) is 15.9. The molecule has 26 rings (SSSR count). The average molecular weight is 1920 g/mol. The maximum Gasteiger partial charge on any atom is 0.252 e. The zero-order valence-corrected chi connectivity index (χ0v) is 84.8. The van der Waals surface area contributed by atoms with Crippen molar-refractivity contribution in [2.24, 2.45) is 0 Å². The summed E-state index contributed by atoms with van der Waals surface area (Å²) in [5, 5.41) is 12.4. The van der Waals surface area contributed by atoms with Gasteiger partial charge in [-0.1, -0.05) is 518 Å². The van der Waals surface area contributed by atoms with Crippen LogP contribution in [0.1, 0.15) is 26.3 Å². The van der Waals surface area contributed by atoms with Crippen molar-refractivity contribution in [1.82, 2.24) is 4.57 Å². The van der Waals surface area contributed by atoms with E-state index in [0.29, 0.717) is 0 Å². The van der Waals surface area contributed by atoms with Crippen molar-refractivity contribution in [3.8, 4) is 117 Å². The van der Waals surface area contributed by atoms with E-state index in [1.54, 1.807) is 0 Å². The monoisotopic (exact) mass is 1920 g/mol. The SMILES string of the molecule is CC(C)(C)c1cc(-c2ccccc2)c(N2c3ccc(-c4ccccc4)cc3B3c4ccc(-n5c6ccccc6c6ccccc65)cc4N(c4cc(-c5ccccc5)cc(-c5ccccc5)c4)c4cc(-c5cc([Si](c6ccccc6)(c6cccc(-c7ccccc7)c6)c6cccc(-c7ccccc7)c6)cc([Si](c6ccccc6)(c6ccccc6)c6cc(-c7ccccc7)cc(-c7ccccc7)c6)c5)cc2c43)c(-c2ccccc2)c1. The maximum atomic E-state index is 2.77. The van der Waals surface area contributed by atoms with E-state index in [1.165, 1.54) is 74.2 Å². The third-order valence-electron chi connectivity index (χ3n) is 30.9. The predicted octanol–water partition coefficient (Wildman–Crippen LogP) is 29.6. The van der Waals surface area contributed by atoms with Crippen molar-refractivity contribution in [3.63, 3.8) is 0 Å². The largest absolute Gasteiger partial charge is 0.311 e. The molecule has 23 aromatic carbocycles. The van der Waals surface area contributed by atoms with E-state index in [0.717, 1.165) is 162 Å². The first-order valence-electron chi connectivity index (χ1n) is 51.6. The number of hydrogen-bond donors (Lipinski definition) is 0. The van der Waals surface area contributed by atoms with E-state index in [4.69, 9.17) is 0 Å². The molecule has 698 valence electrons. The number of benzene rings is 23. The molecule has 1 aromatic heterocycles. The molecular weight excluding hydrogens is 1810 g/mol. The van der Waals surface area contributed by atoms with Gasteiger partial charge >= 0.3 is 0 Å². The molecule has 0 spiro atoms. The lowest BCUT2D eigenvalue weighted by Crippen LogP contribution is -2.78. The minimum absolute atomic E-state index is 0.286. The molecule has 3 heterocycles. The molecule has 3 nitrogen and oxygen atoms in total. The van der Waals surface area contributed by atoms with Crippen LogP contribution in [0.4, 0.5) is 34.1 Å². The summed E-state index contributed by atoms with van der Waals surface area (Å²) in [6.07, 6.45) is 0. The Hall–Kier alpha value is -18.0. The van der Waals surface area contributed by atoms with Crippen LogP contribution in [-0.2, 0) is 5.41 Å². The number of anilines is 6. The highest BCUT2D eigenvalue weighted by molar-refractivity contribution is 7.22. The molecule has 0 N–H and O–H groups in total. The summed E-state index contributed by atoms with van der Waals surface area (Å²) in [6.45, 7) is 6.74. The van der Waals surface area contributed by atoms with E-state index >= 15 is 0 Å². The molecule has 0 radical (unpaired) electrons. The van der Waals surface area contributed by atoms with Gasteiger partial charge < -0.3 is 14.4 Å². The van der Waals surface area contributed by atoms with Crippen molar-refractivity contribution in [2.45, 2.75) is 26.2 Å². The number of fused-ring (bicyclic) bond motifs is 7. The normalized spacial score (nSPS) is 12.2. The van der Waals surface area contributed by atoms with E-state index in [9.17, 15) is 0 Å². The molecule has 2 aliphatic heterocycles. The summed E-state index contributed by atoms with van der Waals surface area (Å²) >= 11 is 0. The highest BCUT2D eigenvalue weighted by Crippen LogP contribution is 2.54. The first-order chi connectivity index (χ1) is 73.0. The van der Waals surface area contributed by atoms with Crippen LogP contribution in [0.25, 0.3) is 139 Å². The van der Waals surface area contributed by atoms with Gasteiger partial charge in [-0.2, -0.15) is 0 Å². The zero-order chi connectivity index (χ0) is 98.8. The Kier molecular flexibility index (Phi) is 23.1. The maximum absolute atomic E-state index is 3.90. The Morgan fingerprint density at radius 1 is 0.182 bits per heavy atom. The van der Waals surface area contributed by atoms with Gasteiger partial charge in [0.05, 0.1) is 16.7 Å². The van der Waals surface area contributed by atoms with Gasteiger partial charge in [0.15, 0.2) is 16.1 Å². The molecule has 6 heteroatoms. The second kappa shape index (κ2) is 37.9. The summed E-state index contributed by atoms with van der Waals surface area (Å²) in [5.41, 5.74) is 36.8. The molecule has 0 aliphatic carbocycles. The Morgan fingerprint density at radius 3 is 0.885 bits per heavy atom. The highest BCUT2D eigenvalue weighted by Gasteiger charge is 2.50. The van der Waals surface area contributed by atoms with Crippen LogP contribution in [0, 0.1) is 0 Å². The van der Waals surface area contributed by atoms with E-state index in [2.05, 4.69) is 611 Å². The van der Waals surface area contributed by atoms with Crippen molar-refractivity contribution >= 4 is 137 Å². The number of hydrogen-bond acceptors (Lipinski definition) is 2. The zero-order valence-electron chi connectivity index (χ0n) is 82.8. The Morgan fingerprint density at radius 2 is 0.486 bits per heavy atom. The molecule has 24 aromatic rings. The molecule has 0 saturated heterocycles. The smallest absolute Gasteiger partial charge is 0.252 e. The number of nitrogens with zero attached hydrogens (tertiary/aromatic N) is 3. The number of rotatable bonds is 21. The molecule has 0 bridgehead atoms. The standard InChI is InChI=1S/C142H104BN3Si2/c1-142(2,3)117-95-130(106-60-30-11-31-61-106)141(131(96-117)107-62-32-12-33-63-107)146-136-81-78-110(101-50-20-6-21-51-101)92-133(136)143-132-80-79-118(144-134-76-42-40-74-128(134)129-75-41-43-77-135(129)144)97-137(132)145(119-84-111(102-52-22-7-23-53-102)82-112(85-119)103-54-24-8-25-55-103)138-93-116(94-139(146)140(138)143)115-90-126(147(120-66-34-13-35-67-120,121-68-36-14-37-69-121)125-88-113(104-56-26-9-27-57-104)83-114(89-125)105-58-28-10-29-59-105)98-127(91-115)148(122-70-38-15-39-71-122,123-72-44-64-108(86-123)99-46-16-4-17-47-99)124-73-45-65-109(87-124)100-48-18-5-19-49-100/h4-98H,1-3H3. The topological polar surface area (TPSA) is 11.4 Å². The minimum Gasteiger partial charge on any atom is -0.311 e. The van der Waals surface area contributed by atoms with Crippen molar-refractivity contribution < 1.29 is 0 Å². The molecule has 0 unspecified atom stereocenters. The average Bonchev–Trinajstić information content (AvgIpc) is 0.757. The highest BCUT2D eigenvalue weighted by atomic mass is 28.3. The summed E-state index contributed by atoms with van der Waals surface area (Å²) < 4.78 is 2.52. The first-order valence-corrected chi connectivity index (χ1v) is 55.6. The molecular formula is C142H104BN3Si2. The first kappa shape index (κ1) is 90.0. The van der Waals surface area contributed by atoms with Gasteiger partial charge in [0.1, 0.15) is 0 Å². The van der Waals surface area contributed by atoms with Crippen LogP contribution in [0.5, 0.6) is 0 Å². The quantitative estimate of drug-likeness (QED) is 0.0525. The summed E-state index contributed by atoms with van der Waals surface area (Å²) in [7, 11) is -7.81. The fraction of sp³-hybridized carbons (Fsp3) is 0.0282. The lowest BCUT2D eigenvalue weighted by Gasteiger charge is -2.46. The molecule has 0 fully saturated rings. The molecule has 0 atom stereocenters. The van der Waals surface area contributed by atoms with Gasteiger partial charge in [0.25, 0.3) is 6.71 Å². The van der Waals surface area contributed by atoms with E-state index in [1.807, 2.05) is 0 Å². The van der Waals surface area contributed by atoms with Gasteiger partial charge in [0.2, 0.25) is 0 Å². The van der Waals surface area contributed by atoms with Crippen molar-refractivity contribution in [1.29, 1.82) is 0 Å². The van der Waals surface area contributed by atoms with E-state index in [-0.39, 0.29) is 12.1 Å². The van der Waals surface area contributed by atoms with Crippen LogP contribution in [0.2, 0.25) is 0 Å². The van der Waals surface area contributed by atoms with Gasteiger partial charge in [-0.25, -0.2) is 0 Å². The van der Waals surface area contributed by atoms with Crippen molar-refractivity contribution in [3.05, 3.63) is 582 Å². The van der Waals surface area contributed by atoms with Gasteiger partial charge in [-0.3, -0.25) is 0 Å². The molecule has 0 saturated carbocycles. The Bertz CT molecular complexity index is 8660. The minimum atomic E-state index is -3.90. The third-order valence-corrected chi connectivity index (χ3v) is 40.3. The molecule has 2 aliphatic rings. The van der Waals surface area contributed by atoms with Crippen molar-refractivity contribution in [2.75, 3.05) is 9.80 Å². The summed E-state index contributed by atoms with van der Waals surface area (Å²) in [6, 6.07) is 221. The lowest BCUT2D eigenvalue weighted by molar-refractivity contribution is 0.591. The fourth-order valence-corrected chi connectivity index (χ4v) is 33.9. The van der Waals surface area contributed by atoms with Crippen LogP contribution in [-0.4, -0.2) is 27.4 Å². The molecule has 148 heavy (non-hydrogen) atoms. The number of para-hydroxylation sites is 2. The summed E-state index contributed by atoms with van der Waals surface area (Å²) in [5.74, 6) is 0. The van der Waals surface area contributed by atoms with Crippen LogP contribution >= 0.6 is 0 Å². The van der Waals surface area contributed by atoms with Gasteiger partial charge in [-0.15, -0.1) is 0 Å². The lowest BCUT2D eigenvalue weighted by atomic mass is 9.33. The number of aromatic nitrogens is 1. The Labute approximate surface area is 869 Å². The van der Waals surface area contributed by atoms with Gasteiger partial charge in [0, 0.05) is 56.0 Å². The molecule has 0 amide bonds. The van der Waals surface area contributed by atoms with Crippen LogP contribution in [0.15, 0.2) is 576 Å². The van der Waals surface area contributed by atoms with Crippen LogP contribution < -0.4 is 67.7 Å². The fourth-order valence-electron chi connectivity index (χ4n) is 24.0. The van der Waals surface area contributed by atoms with E-state index < -0.39 is 16.1 Å². The van der Waals surface area contributed by atoms with Crippen LogP contribution in [0.3, 0.4) is 0 Å². The van der Waals surface area contributed by atoms with Gasteiger partial charge in [-0.05, 0) is 248 Å². The summed E-state index contributed by atoms with van der Waals surface area (Å²) in [4.78, 5) is 5.48.